The fraction of sp³-hybridized carbons (Fsp3) is 0.429. The molecule has 0 saturated carbocycles. The standard InChI is InChI=1S/C21H25N7O/c29-20(21(8-10-22-11-9-21)17-4-2-1-3-5-17)27-14-12-26(13-15-27)19-7-6-18-24-23-16-28(18)25-19/h1-7,16,22H,8-15H2. The largest absolute Gasteiger partial charge is 0.352 e. The van der Waals surface area contributed by atoms with Crippen molar-refractivity contribution in [2.75, 3.05) is 44.2 Å². The number of piperazine rings is 1. The third-order valence-corrected chi connectivity index (χ3v) is 6.23. The van der Waals surface area contributed by atoms with Crippen molar-refractivity contribution in [1.29, 1.82) is 0 Å². The summed E-state index contributed by atoms with van der Waals surface area (Å²) in [6.45, 7) is 4.73. The number of fused-ring (bicyclic) bond motifs is 1. The zero-order valence-corrected chi connectivity index (χ0v) is 16.4. The van der Waals surface area contributed by atoms with Crippen LogP contribution in [0.25, 0.3) is 5.65 Å². The van der Waals surface area contributed by atoms with Crippen molar-refractivity contribution < 1.29 is 4.79 Å². The van der Waals surface area contributed by atoms with Crippen LogP contribution in [-0.2, 0) is 10.2 Å². The van der Waals surface area contributed by atoms with Gasteiger partial charge in [0.25, 0.3) is 0 Å². The molecule has 2 aliphatic rings. The van der Waals surface area contributed by atoms with Crippen LogP contribution in [0, 0.1) is 0 Å². The summed E-state index contributed by atoms with van der Waals surface area (Å²) in [5.41, 5.74) is 1.47. The maximum Gasteiger partial charge on any atom is 0.233 e. The Bertz CT molecular complexity index is 988. The smallest absolute Gasteiger partial charge is 0.233 e. The van der Waals surface area contributed by atoms with Crippen LogP contribution in [-0.4, -0.2) is 69.9 Å². The Kier molecular flexibility index (Phi) is 4.63. The summed E-state index contributed by atoms with van der Waals surface area (Å²) < 4.78 is 1.69. The van der Waals surface area contributed by atoms with Gasteiger partial charge in [0.1, 0.15) is 12.1 Å². The third-order valence-electron chi connectivity index (χ3n) is 6.23. The predicted octanol–water partition coefficient (Wildman–Crippen LogP) is 1.09. The van der Waals surface area contributed by atoms with E-state index in [0.29, 0.717) is 13.1 Å². The van der Waals surface area contributed by atoms with Crippen LogP contribution < -0.4 is 10.2 Å². The minimum atomic E-state index is -0.408. The maximum atomic E-state index is 13.7. The molecule has 4 heterocycles. The number of rotatable bonds is 3. The Morgan fingerprint density at radius 1 is 0.966 bits per heavy atom. The van der Waals surface area contributed by atoms with E-state index < -0.39 is 5.41 Å². The van der Waals surface area contributed by atoms with Crippen molar-refractivity contribution >= 4 is 17.4 Å². The van der Waals surface area contributed by atoms with E-state index in [9.17, 15) is 4.79 Å². The number of aromatic nitrogens is 4. The number of nitrogens with zero attached hydrogens (tertiary/aromatic N) is 6. The molecule has 1 amide bonds. The van der Waals surface area contributed by atoms with Gasteiger partial charge in [0.05, 0.1) is 5.41 Å². The molecule has 2 fully saturated rings. The first kappa shape index (κ1) is 18.1. The molecular formula is C21H25N7O. The average Bonchev–Trinajstić information content (AvgIpc) is 3.28. The Balaban J connectivity index is 1.33. The van der Waals surface area contributed by atoms with E-state index >= 15 is 0 Å². The highest BCUT2D eigenvalue weighted by molar-refractivity contribution is 5.88. The van der Waals surface area contributed by atoms with Gasteiger partial charge >= 0.3 is 0 Å². The normalized spacial score (nSPS) is 19.4. The van der Waals surface area contributed by atoms with E-state index in [-0.39, 0.29) is 5.91 Å². The molecule has 0 unspecified atom stereocenters. The number of piperidine rings is 1. The molecule has 29 heavy (non-hydrogen) atoms. The lowest BCUT2D eigenvalue weighted by atomic mass is 9.72. The summed E-state index contributed by atoms with van der Waals surface area (Å²) in [4.78, 5) is 18.0. The van der Waals surface area contributed by atoms with Gasteiger partial charge in [-0.2, -0.15) is 4.52 Å². The summed E-state index contributed by atoms with van der Waals surface area (Å²) in [6.07, 6.45) is 3.31. The molecule has 3 aromatic rings. The molecule has 0 atom stereocenters. The minimum absolute atomic E-state index is 0.270. The second-order valence-electron chi connectivity index (χ2n) is 7.80. The molecule has 0 spiro atoms. The highest BCUT2D eigenvalue weighted by atomic mass is 16.2. The van der Waals surface area contributed by atoms with Crippen molar-refractivity contribution in [3.8, 4) is 0 Å². The van der Waals surface area contributed by atoms with Crippen LogP contribution in [0.5, 0.6) is 0 Å². The fourth-order valence-electron chi connectivity index (χ4n) is 4.57. The summed E-state index contributed by atoms with van der Waals surface area (Å²) in [7, 11) is 0. The summed E-state index contributed by atoms with van der Waals surface area (Å²) in [5, 5.41) is 15.9. The van der Waals surface area contributed by atoms with E-state index in [1.165, 1.54) is 0 Å². The number of nitrogens with one attached hydrogen (secondary N) is 1. The first-order chi connectivity index (χ1) is 14.3. The van der Waals surface area contributed by atoms with Crippen LogP contribution in [0.2, 0.25) is 0 Å². The molecular weight excluding hydrogens is 366 g/mol. The quantitative estimate of drug-likeness (QED) is 0.720. The molecule has 0 aliphatic carbocycles. The molecule has 5 rings (SSSR count). The number of carbonyl (C=O) groups excluding carboxylic acids is 1. The average molecular weight is 391 g/mol. The van der Waals surface area contributed by atoms with Gasteiger partial charge in [-0.25, -0.2) is 0 Å². The first-order valence-corrected chi connectivity index (χ1v) is 10.2. The summed E-state index contributed by atoms with van der Waals surface area (Å²) in [6, 6.07) is 14.2. The molecule has 0 radical (unpaired) electrons. The zero-order valence-electron chi connectivity index (χ0n) is 16.4. The van der Waals surface area contributed by atoms with E-state index in [1.807, 2.05) is 35.2 Å². The van der Waals surface area contributed by atoms with E-state index in [0.717, 1.165) is 56.0 Å². The monoisotopic (exact) mass is 391 g/mol. The number of benzene rings is 1. The predicted molar refractivity (Wildman–Crippen MR) is 110 cm³/mol. The van der Waals surface area contributed by atoms with Crippen molar-refractivity contribution in [2.24, 2.45) is 0 Å². The van der Waals surface area contributed by atoms with E-state index in [2.05, 4.69) is 37.6 Å². The Morgan fingerprint density at radius 2 is 1.72 bits per heavy atom. The van der Waals surface area contributed by atoms with E-state index in [1.54, 1.807) is 10.8 Å². The van der Waals surface area contributed by atoms with Crippen molar-refractivity contribution in [3.05, 3.63) is 54.4 Å². The molecule has 0 bridgehead atoms. The Hall–Kier alpha value is -3.00. The zero-order chi connectivity index (χ0) is 19.7. The maximum absolute atomic E-state index is 13.7. The van der Waals surface area contributed by atoms with Crippen molar-refractivity contribution in [1.82, 2.24) is 30.0 Å². The van der Waals surface area contributed by atoms with Gasteiger partial charge in [0, 0.05) is 26.2 Å². The van der Waals surface area contributed by atoms with Crippen LogP contribution in [0.15, 0.2) is 48.8 Å². The van der Waals surface area contributed by atoms with Gasteiger partial charge in [0.2, 0.25) is 5.91 Å². The van der Waals surface area contributed by atoms with Crippen LogP contribution >= 0.6 is 0 Å². The SMILES string of the molecule is O=C(N1CCN(c2ccc3nncn3n2)CC1)C1(c2ccccc2)CCNCC1. The van der Waals surface area contributed by atoms with Gasteiger partial charge in [0.15, 0.2) is 5.65 Å². The number of hydrogen-bond donors (Lipinski definition) is 1. The van der Waals surface area contributed by atoms with Crippen molar-refractivity contribution in [2.45, 2.75) is 18.3 Å². The van der Waals surface area contributed by atoms with Crippen LogP contribution in [0.1, 0.15) is 18.4 Å². The first-order valence-electron chi connectivity index (χ1n) is 10.2. The van der Waals surface area contributed by atoms with Crippen LogP contribution in [0.4, 0.5) is 5.82 Å². The molecule has 8 heteroatoms. The second-order valence-corrected chi connectivity index (χ2v) is 7.80. The van der Waals surface area contributed by atoms with Gasteiger partial charge in [-0.1, -0.05) is 30.3 Å². The van der Waals surface area contributed by atoms with Gasteiger partial charge < -0.3 is 15.1 Å². The number of carbonyl (C=O) groups is 1. The lowest BCUT2D eigenvalue weighted by Gasteiger charge is -2.43. The highest BCUT2D eigenvalue weighted by Crippen LogP contribution is 2.36. The second kappa shape index (κ2) is 7.44. The third kappa shape index (κ3) is 3.23. The van der Waals surface area contributed by atoms with Crippen molar-refractivity contribution in [3.63, 3.8) is 0 Å². The lowest BCUT2D eigenvalue weighted by molar-refractivity contribution is -0.139. The van der Waals surface area contributed by atoms with Gasteiger partial charge in [-0.05, 0) is 43.6 Å². The molecule has 1 aromatic carbocycles. The van der Waals surface area contributed by atoms with Crippen LogP contribution in [0.3, 0.4) is 0 Å². The summed E-state index contributed by atoms with van der Waals surface area (Å²) >= 11 is 0. The molecule has 1 N–H and O–H groups in total. The Labute approximate surface area is 169 Å². The fourth-order valence-corrected chi connectivity index (χ4v) is 4.57. The lowest BCUT2D eigenvalue weighted by Crippen LogP contribution is -2.57. The Morgan fingerprint density at radius 3 is 2.48 bits per heavy atom. The number of anilines is 1. The molecule has 150 valence electrons. The van der Waals surface area contributed by atoms with Gasteiger partial charge in [-0.3, -0.25) is 4.79 Å². The molecule has 2 aromatic heterocycles. The molecule has 8 nitrogen and oxygen atoms in total. The number of hydrogen-bond acceptors (Lipinski definition) is 6. The highest BCUT2D eigenvalue weighted by Gasteiger charge is 2.44. The minimum Gasteiger partial charge on any atom is -0.352 e. The topological polar surface area (TPSA) is 78.7 Å². The summed E-state index contributed by atoms with van der Waals surface area (Å²) in [5.74, 6) is 1.16. The number of amides is 1. The molecule has 2 aliphatic heterocycles. The van der Waals surface area contributed by atoms with E-state index in [4.69, 9.17) is 0 Å². The molecule has 2 saturated heterocycles. The van der Waals surface area contributed by atoms with Gasteiger partial charge in [-0.15, -0.1) is 15.3 Å².